The fraction of sp³-hybridized carbons (Fsp3) is 0.778. The predicted octanol–water partition coefficient (Wildman–Crippen LogP) is 1.63. The van der Waals surface area contributed by atoms with Crippen LogP contribution in [-0.4, -0.2) is 85.8 Å². The first-order valence-corrected chi connectivity index (χ1v) is 10.1. The SMILES string of the molecule is CC(=O)OC1CCN(C)CC1C=P.CC(=O)OC1CN(C)CCC1C=P. The van der Waals surface area contributed by atoms with E-state index in [1.807, 2.05) is 18.6 Å². The zero-order valence-electron chi connectivity index (χ0n) is 16.2. The summed E-state index contributed by atoms with van der Waals surface area (Å²) in [6, 6.07) is 0. The van der Waals surface area contributed by atoms with Gasteiger partial charge in [-0.3, -0.25) is 9.59 Å². The Morgan fingerprint density at radius 3 is 1.88 bits per heavy atom. The van der Waals surface area contributed by atoms with E-state index in [0.29, 0.717) is 11.8 Å². The van der Waals surface area contributed by atoms with Gasteiger partial charge in [-0.1, -0.05) is 11.6 Å². The van der Waals surface area contributed by atoms with Gasteiger partial charge >= 0.3 is 11.9 Å². The zero-order valence-corrected chi connectivity index (χ0v) is 18.2. The summed E-state index contributed by atoms with van der Waals surface area (Å²) in [6.07, 6.45) is 2.01. The summed E-state index contributed by atoms with van der Waals surface area (Å²) in [4.78, 5) is 26.0. The van der Waals surface area contributed by atoms with Crippen molar-refractivity contribution < 1.29 is 19.1 Å². The first-order valence-electron chi connectivity index (χ1n) is 8.99. The fourth-order valence-corrected chi connectivity index (χ4v) is 3.97. The van der Waals surface area contributed by atoms with E-state index in [2.05, 4.69) is 34.6 Å². The van der Waals surface area contributed by atoms with Gasteiger partial charge < -0.3 is 19.3 Å². The van der Waals surface area contributed by atoms with Crippen molar-refractivity contribution in [1.29, 1.82) is 0 Å². The second kappa shape index (κ2) is 11.8. The Hall–Kier alpha value is -0.800. The number of rotatable bonds is 4. The van der Waals surface area contributed by atoms with Gasteiger partial charge in [-0.25, -0.2) is 0 Å². The molecule has 2 fully saturated rings. The molecule has 0 aromatic carbocycles. The quantitative estimate of drug-likeness (QED) is 0.526. The molecule has 4 atom stereocenters. The number of esters is 2. The molecular formula is C18H32N2O4P2. The topological polar surface area (TPSA) is 59.1 Å². The predicted molar refractivity (Wildman–Crippen MR) is 111 cm³/mol. The molecule has 0 amide bonds. The molecule has 2 saturated heterocycles. The highest BCUT2D eigenvalue weighted by Crippen LogP contribution is 2.19. The van der Waals surface area contributed by atoms with Crippen LogP contribution in [0.1, 0.15) is 26.7 Å². The molecule has 148 valence electrons. The van der Waals surface area contributed by atoms with E-state index in [4.69, 9.17) is 9.47 Å². The van der Waals surface area contributed by atoms with Crippen LogP contribution in [0, 0.1) is 11.8 Å². The van der Waals surface area contributed by atoms with Crippen molar-refractivity contribution in [1.82, 2.24) is 9.80 Å². The van der Waals surface area contributed by atoms with E-state index in [-0.39, 0.29) is 24.1 Å². The third-order valence-corrected chi connectivity index (χ3v) is 5.53. The lowest BCUT2D eigenvalue weighted by atomic mass is 9.96. The number of hydrogen-bond acceptors (Lipinski definition) is 6. The first-order chi connectivity index (χ1) is 12.3. The van der Waals surface area contributed by atoms with Crippen molar-refractivity contribution in [2.45, 2.75) is 38.9 Å². The Labute approximate surface area is 161 Å². The average molecular weight is 402 g/mol. The van der Waals surface area contributed by atoms with Crippen molar-refractivity contribution in [2.75, 3.05) is 40.3 Å². The second-order valence-electron chi connectivity index (χ2n) is 7.06. The van der Waals surface area contributed by atoms with Crippen molar-refractivity contribution in [3.8, 4) is 0 Å². The fourth-order valence-electron chi connectivity index (χ4n) is 3.27. The minimum absolute atomic E-state index is 0.00810. The van der Waals surface area contributed by atoms with Crippen molar-refractivity contribution >= 4 is 41.3 Å². The van der Waals surface area contributed by atoms with Gasteiger partial charge in [0.1, 0.15) is 12.2 Å². The van der Waals surface area contributed by atoms with Crippen LogP contribution < -0.4 is 0 Å². The molecule has 0 aromatic rings. The molecule has 26 heavy (non-hydrogen) atoms. The van der Waals surface area contributed by atoms with Gasteiger partial charge in [-0.15, -0.1) is 17.7 Å². The number of likely N-dealkylation sites (tertiary alicyclic amines) is 2. The van der Waals surface area contributed by atoms with Gasteiger partial charge in [0.2, 0.25) is 0 Å². The lowest BCUT2D eigenvalue weighted by Gasteiger charge is -2.34. The van der Waals surface area contributed by atoms with E-state index in [1.54, 1.807) is 0 Å². The summed E-state index contributed by atoms with van der Waals surface area (Å²) in [5.74, 6) is 4.15. The number of carbonyl (C=O) groups excluding carboxylic acids is 2. The van der Waals surface area contributed by atoms with Crippen LogP contribution in [0.25, 0.3) is 0 Å². The van der Waals surface area contributed by atoms with Gasteiger partial charge in [-0.2, -0.15) is 0 Å². The van der Waals surface area contributed by atoms with Gasteiger partial charge in [-0.05, 0) is 33.5 Å². The molecule has 0 aromatic heterocycles. The van der Waals surface area contributed by atoms with Gasteiger partial charge in [0, 0.05) is 45.3 Å². The summed E-state index contributed by atoms with van der Waals surface area (Å²) in [5, 5.41) is 0. The number of ether oxygens (including phenoxy) is 2. The normalized spacial score (nSPS) is 29.7. The van der Waals surface area contributed by atoms with Crippen LogP contribution in [0.4, 0.5) is 0 Å². The largest absolute Gasteiger partial charge is 0.462 e. The van der Waals surface area contributed by atoms with Crippen LogP contribution >= 0.6 is 17.7 Å². The summed E-state index contributed by atoms with van der Waals surface area (Å²) >= 11 is 0. The second-order valence-corrected chi connectivity index (χ2v) is 7.73. The lowest BCUT2D eigenvalue weighted by Crippen LogP contribution is -2.44. The highest BCUT2D eigenvalue weighted by molar-refractivity contribution is 7.18. The molecular weight excluding hydrogens is 370 g/mol. The monoisotopic (exact) mass is 402 g/mol. The number of hydrogen-bond donors (Lipinski definition) is 0. The van der Waals surface area contributed by atoms with Crippen molar-refractivity contribution in [3.05, 3.63) is 0 Å². The summed E-state index contributed by atoms with van der Waals surface area (Å²) < 4.78 is 10.4. The van der Waals surface area contributed by atoms with Crippen LogP contribution in [0.3, 0.4) is 0 Å². The molecule has 0 saturated carbocycles. The molecule has 2 rings (SSSR count). The molecule has 2 aliphatic rings. The number of nitrogens with zero attached hydrogens (tertiary/aromatic N) is 2. The maximum absolute atomic E-state index is 10.8. The van der Waals surface area contributed by atoms with E-state index >= 15 is 0 Å². The molecule has 0 spiro atoms. The Bertz CT molecular complexity index is 504. The minimum Gasteiger partial charge on any atom is -0.462 e. The third-order valence-electron chi connectivity index (χ3n) is 4.67. The van der Waals surface area contributed by atoms with E-state index in [0.717, 1.165) is 39.0 Å². The van der Waals surface area contributed by atoms with Crippen molar-refractivity contribution in [2.24, 2.45) is 11.8 Å². The first kappa shape index (κ1) is 23.2. The molecule has 4 unspecified atom stereocenters. The van der Waals surface area contributed by atoms with Crippen LogP contribution in [0.2, 0.25) is 0 Å². The van der Waals surface area contributed by atoms with Crippen molar-refractivity contribution in [3.63, 3.8) is 0 Å². The third kappa shape index (κ3) is 8.26. The maximum Gasteiger partial charge on any atom is 0.302 e. The Morgan fingerprint density at radius 2 is 1.35 bits per heavy atom. The number of carbonyl (C=O) groups is 2. The van der Waals surface area contributed by atoms with E-state index < -0.39 is 0 Å². The minimum atomic E-state index is -0.196. The maximum atomic E-state index is 10.8. The Balaban J connectivity index is 0.000000260. The summed E-state index contributed by atoms with van der Waals surface area (Å²) in [7, 11) is 10.9. The molecule has 2 aliphatic heterocycles. The molecule has 8 heteroatoms. The standard InChI is InChI=1S/2C9H16NO2P/c1-7(11)12-9-3-4-10(2)5-8(9)6-13;1-7(11)12-9-5-10(2)4-3-8(9)6-13/h2*6,8-9,13H,3-5H2,1-2H3. The van der Waals surface area contributed by atoms with E-state index in [9.17, 15) is 9.59 Å². The Kier molecular flexibility index (Phi) is 10.6. The van der Waals surface area contributed by atoms with Gasteiger partial charge in [0.15, 0.2) is 0 Å². The lowest BCUT2D eigenvalue weighted by molar-refractivity contribution is -0.151. The molecule has 0 radical (unpaired) electrons. The summed E-state index contributed by atoms with van der Waals surface area (Å²) in [5.41, 5.74) is 0. The van der Waals surface area contributed by atoms with Gasteiger partial charge in [0.25, 0.3) is 0 Å². The molecule has 6 nitrogen and oxygen atoms in total. The molecule has 0 N–H and O–H groups in total. The zero-order chi connectivity index (χ0) is 19.7. The highest BCUT2D eigenvalue weighted by Gasteiger charge is 2.28. The number of likely N-dealkylation sites (N-methyl/N-ethyl adjacent to an activating group) is 1. The van der Waals surface area contributed by atoms with Crippen LogP contribution in [0.15, 0.2) is 0 Å². The molecule has 0 bridgehead atoms. The van der Waals surface area contributed by atoms with Gasteiger partial charge in [0.05, 0.1) is 0 Å². The average Bonchev–Trinajstić information content (AvgIpc) is 2.56. The van der Waals surface area contributed by atoms with Crippen LogP contribution in [0.5, 0.6) is 0 Å². The molecule has 2 heterocycles. The summed E-state index contributed by atoms with van der Waals surface area (Å²) in [6.45, 7) is 6.74. The van der Waals surface area contributed by atoms with Crippen LogP contribution in [-0.2, 0) is 19.1 Å². The number of piperidine rings is 2. The highest BCUT2D eigenvalue weighted by atomic mass is 31.0. The molecule has 0 aliphatic carbocycles. The van der Waals surface area contributed by atoms with E-state index in [1.165, 1.54) is 13.8 Å². The Morgan fingerprint density at radius 1 is 0.846 bits per heavy atom. The smallest absolute Gasteiger partial charge is 0.302 e.